The largest absolute Gasteiger partial charge is 0.373 e. The van der Waals surface area contributed by atoms with Crippen molar-refractivity contribution in [3.63, 3.8) is 0 Å². The Hall–Kier alpha value is -1.35. The Bertz CT molecular complexity index is 1320. The van der Waals surface area contributed by atoms with Crippen LogP contribution in [0.2, 0.25) is 0 Å². The first-order chi connectivity index (χ1) is 27.5. The molecule has 4 atom stereocenters. The Morgan fingerprint density at radius 3 is 1.16 bits per heavy atom. The molecule has 0 aromatic carbocycles. The molecule has 0 aromatic rings. The molecular weight excluding hydrogens is 775 g/mol. The summed E-state index contributed by atoms with van der Waals surface area (Å²) in [6.45, 7) is 40.4. The van der Waals surface area contributed by atoms with Crippen molar-refractivity contribution in [3.05, 3.63) is 0 Å². The Balaban J connectivity index is 6.03. The molecule has 0 aromatic heterocycles. The lowest BCUT2D eigenvalue weighted by Gasteiger charge is -2.42. The number of hydrogen-bond donors (Lipinski definition) is 3. The molecule has 12 nitrogen and oxygen atoms in total. The zero-order valence-corrected chi connectivity index (χ0v) is 42.8. The minimum absolute atomic E-state index is 0.0391. The van der Waals surface area contributed by atoms with Crippen LogP contribution in [0.25, 0.3) is 0 Å². The van der Waals surface area contributed by atoms with E-state index in [1.54, 1.807) is 0 Å². The topological polar surface area (TPSA) is 185 Å². The van der Waals surface area contributed by atoms with Crippen molar-refractivity contribution in [2.45, 2.75) is 228 Å². The van der Waals surface area contributed by atoms with Crippen molar-refractivity contribution in [2.75, 3.05) is 46.1 Å². The highest BCUT2D eigenvalue weighted by Gasteiger charge is 2.39. The number of rotatable bonds is 35. The number of ketones is 3. The fraction of sp³-hybridized carbons (Fsp3) is 0.939. The van der Waals surface area contributed by atoms with Gasteiger partial charge in [-0.1, -0.05) is 34.6 Å². The maximum absolute atomic E-state index is 13.1. The normalized spacial score (nSPS) is 16.0. The number of carbonyl (C=O) groups is 3. The van der Waals surface area contributed by atoms with Gasteiger partial charge >= 0.3 is 0 Å². The molecule has 4 unspecified atom stereocenters. The summed E-state index contributed by atoms with van der Waals surface area (Å²) in [6, 6.07) is 0. The lowest BCUT2D eigenvalue weighted by molar-refractivity contribution is -0.190. The minimum Gasteiger partial charge on any atom is -0.373 e. The smallest absolute Gasteiger partial charge is 0.166 e. The molecule has 0 fully saturated rings. The van der Waals surface area contributed by atoms with E-state index in [9.17, 15) is 14.4 Å². The van der Waals surface area contributed by atoms with E-state index in [-0.39, 0.29) is 46.6 Å². The van der Waals surface area contributed by atoms with Crippen molar-refractivity contribution in [2.24, 2.45) is 40.4 Å². The first-order valence-electron chi connectivity index (χ1n) is 23.2. The fourth-order valence-electron chi connectivity index (χ4n) is 8.47. The molecule has 0 aliphatic heterocycles. The van der Waals surface area contributed by atoms with E-state index in [4.69, 9.17) is 45.6 Å². The molecule has 0 saturated carbocycles. The first-order valence-corrected chi connectivity index (χ1v) is 23.2. The van der Waals surface area contributed by atoms with E-state index >= 15 is 0 Å². The zero-order chi connectivity index (χ0) is 47.9. The average molecular weight is 872 g/mol. The molecule has 0 spiro atoms. The van der Waals surface area contributed by atoms with E-state index in [1.807, 2.05) is 90.0 Å². The Morgan fingerprint density at radius 2 is 0.803 bits per heavy atom. The van der Waals surface area contributed by atoms with Crippen LogP contribution >= 0.6 is 0 Å². The SMILES string of the molecule is CC(CCN)C(=O)C(C)(C)OCCC(C)(C)CC(C)(C)OCC(CC(C)(C)OC(C)(C)CCOC(C)(C)C(=O)C(C)CCN)OC(C)(C)CCOC(C)(C)C(=O)C(C)CCN. The second kappa shape index (κ2) is 24.8. The molecule has 0 saturated heterocycles. The molecule has 12 heteroatoms. The predicted octanol–water partition coefficient (Wildman–Crippen LogP) is 8.54. The van der Waals surface area contributed by atoms with Crippen molar-refractivity contribution >= 4 is 17.3 Å². The summed E-state index contributed by atoms with van der Waals surface area (Å²) in [5, 5.41) is 0. The standard InChI is InChI=1S/C49H97N3O9/c1-35(20-26-50)39(53)47(14,15)56-29-23-42(4,5)34-46(12,13)59-33-38(60-43(6,7)24-30-57-48(16,17)40(54)36(2)21-27-51)32-45(10,11)61-44(8,9)25-31-58-49(18,19)41(55)37(3)22-28-52/h35-38H,20-34,50-52H2,1-19H3. The van der Waals surface area contributed by atoms with Gasteiger partial charge < -0.3 is 45.6 Å². The van der Waals surface area contributed by atoms with Crippen molar-refractivity contribution < 1.29 is 42.8 Å². The molecule has 0 amide bonds. The molecule has 0 heterocycles. The van der Waals surface area contributed by atoms with Gasteiger partial charge in [0, 0.05) is 30.8 Å². The quantitative estimate of drug-likeness (QED) is 0.0552. The van der Waals surface area contributed by atoms with Crippen molar-refractivity contribution in [1.29, 1.82) is 0 Å². The van der Waals surface area contributed by atoms with E-state index in [2.05, 4.69) is 41.5 Å². The second-order valence-corrected chi connectivity index (χ2v) is 22.6. The number of hydrogen-bond acceptors (Lipinski definition) is 12. The molecule has 362 valence electrons. The Kier molecular flexibility index (Phi) is 24.3. The summed E-state index contributed by atoms with van der Waals surface area (Å²) in [6.07, 6.45) is 4.67. The van der Waals surface area contributed by atoms with Crippen molar-refractivity contribution in [3.8, 4) is 0 Å². The van der Waals surface area contributed by atoms with Gasteiger partial charge in [-0.05, 0) is 167 Å². The monoisotopic (exact) mass is 872 g/mol. The van der Waals surface area contributed by atoms with Crippen LogP contribution in [0.1, 0.15) is 183 Å². The van der Waals surface area contributed by atoms with Gasteiger partial charge in [0.05, 0.1) is 48.3 Å². The molecular formula is C49H97N3O9. The van der Waals surface area contributed by atoms with Crippen LogP contribution in [0.4, 0.5) is 0 Å². The molecule has 0 bridgehead atoms. The number of Topliss-reactive ketones (excluding diaryl/α,β-unsaturated/α-hetero) is 3. The first kappa shape index (κ1) is 59.6. The minimum atomic E-state index is -0.945. The summed E-state index contributed by atoms with van der Waals surface area (Å²) in [5.41, 5.74) is 11.9. The average Bonchev–Trinajstić information content (AvgIpc) is 3.08. The van der Waals surface area contributed by atoms with Crippen LogP contribution in [-0.2, 0) is 42.8 Å². The highest BCUT2D eigenvalue weighted by Crippen LogP contribution is 2.36. The third kappa shape index (κ3) is 23.4. The molecule has 0 rings (SSSR count). The molecule has 0 radical (unpaired) electrons. The molecule has 6 N–H and O–H groups in total. The molecule has 0 aliphatic rings. The van der Waals surface area contributed by atoms with Gasteiger partial charge in [-0.25, -0.2) is 0 Å². The Labute approximate surface area is 373 Å². The van der Waals surface area contributed by atoms with E-state index < -0.39 is 39.2 Å². The zero-order valence-electron chi connectivity index (χ0n) is 42.8. The van der Waals surface area contributed by atoms with Crippen LogP contribution in [0.3, 0.4) is 0 Å². The summed E-state index contributed by atoms with van der Waals surface area (Å²) < 4.78 is 39.1. The summed E-state index contributed by atoms with van der Waals surface area (Å²) in [5.74, 6) is -0.355. The van der Waals surface area contributed by atoms with Crippen LogP contribution in [0.15, 0.2) is 0 Å². The number of carbonyl (C=O) groups excluding carboxylic acids is 3. The van der Waals surface area contributed by atoms with Crippen LogP contribution in [0.5, 0.6) is 0 Å². The lowest BCUT2D eigenvalue weighted by Crippen LogP contribution is -2.46. The molecule has 61 heavy (non-hydrogen) atoms. The van der Waals surface area contributed by atoms with Crippen molar-refractivity contribution in [1.82, 2.24) is 0 Å². The number of ether oxygens (including phenoxy) is 6. The fourth-order valence-corrected chi connectivity index (χ4v) is 8.47. The third-order valence-electron chi connectivity index (χ3n) is 11.8. The molecule has 0 aliphatic carbocycles. The van der Waals surface area contributed by atoms with Gasteiger partial charge in [0.1, 0.15) is 16.8 Å². The second-order valence-electron chi connectivity index (χ2n) is 22.6. The number of nitrogens with two attached hydrogens (primary N) is 3. The maximum atomic E-state index is 13.1. The predicted molar refractivity (Wildman–Crippen MR) is 249 cm³/mol. The van der Waals surface area contributed by atoms with E-state index in [0.29, 0.717) is 84.6 Å². The van der Waals surface area contributed by atoms with Gasteiger partial charge in [-0.15, -0.1) is 0 Å². The lowest BCUT2D eigenvalue weighted by atomic mass is 9.79. The Morgan fingerprint density at radius 1 is 0.459 bits per heavy atom. The van der Waals surface area contributed by atoms with Crippen LogP contribution in [-0.4, -0.2) is 109 Å². The van der Waals surface area contributed by atoms with Gasteiger partial charge in [0.25, 0.3) is 0 Å². The summed E-state index contributed by atoms with van der Waals surface area (Å²) in [7, 11) is 0. The summed E-state index contributed by atoms with van der Waals surface area (Å²) >= 11 is 0. The highest BCUT2D eigenvalue weighted by atomic mass is 16.6. The van der Waals surface area contributed by atoms with Gasteiger partial charge in [0.15, 0.2) is 17.3 Å². The van der Waals surface area contributed by atoms with Gasteiger partial charge in [0.2, 0.25) is 0 Å². The highest BCUT2D eigenvalue weighted by molar-refractivity contribution is 5.89. The third-order valence-corrected chi connectivity index (χ3v) is 11.8. The summed E-state index contributed by atoms with van der Waals surface area (Å²) in [4.78, 5) is 39.2. The van der Waals surface area contributed by atoms with Gasteiger partial charge in [-0.2, -0.15) is 0 Å². The maximum Gasteiger partial charge on any atom is 0.166 e. The van der Waals surface area contributed by atoms with Crippen LogP contribution in [0, 0.1) is 23.2 Å². The van der Waals surface area contributed by atoms with E-state index in [1.165, 1.54) is 0 Å². The van der Waals surface area contributed by atoms with Crippen LogP contribution < -0.4 is 17.2 Å². The van der Waals surface area contributed by atoms with E-state index in [0.717, 1.165) is 12.8 Å². The van der Waals surface area contributed by atoms with Gasteiger partial charge in [-0.3, -0.25) is 14.4 Å².